The van der Waals surface area contributed by atoms with E-state index in [2.05, 4.69) is 54.9 Å². The summed E-state index contributed by atoms with van der Waals surface area (Å²) in [4.78, 5) is 25.4. The van der Waals surface area contributed by atoms with Crippen molar-refractivity contribution in [1.82, 2.24) is 15.0 Å². The first-order valence-corrected chi connectivity index (χ1v) is 19.2. The summed E-state index contributed by atoms with van der Waals surface area (Å²) in [5, 5.41) is 3.14. The number of amidine groups is 1. The van der Waals surface area contributed by atoms with Crippen LogP contribution in [-0.4, -0.2) is 33.1 Å². The Kier molecular flexibility index (Phi) is 9.49. The number of benzene rings is 6. The zero-order valence-electron chi connectivity index (χ0n) is 30.4. The van der Waals surface area contributed by atoms with Crippen molar-refractivity contribution in [2.45, 2.75) is 6.10 Å². The maximum atomic E-state index is 6.77. The fourth-order valence-electron chi connectivity index (χ4n) is 7.00. The molecule has 7 heteroatoms. The summed E-state index contributed by atoms with van der Waals surface area (Å²) in [5.41, 5.74) is 8.19. The van der Waals surface area contributed by atoms with Crippen molar-refractivity contribution in [2.75, 3.05) is 0 Å². The molecule has 8 aromatic rings. The van der Waals surface area contributed by atoms with Crippen LogP contribution in [0, 0.1) is 5.92 Å². The lowest BCUT2D eigenvalue weighted by Gasteiger charge is -2.21. The first-order chi connectivity index (χ1) is 27.6. The van der Waals surface area contributed by atoms with E-state index in [1.807, 2.05) is 134 Å². The SMILES string of the molecule is C=CC(C(N=Cc1ccccc1)=Nc1csc2ccccc12)C1Oc2cccc(-c3nc(-c4ccccc4)nc(-c4cccc(-c5ccccc5)c4)n3)c2C1=C. The minimum atomic E-state index is -0.530. The zero-order valence-corrected chi connectivity index (χ0v) is 31.2. The number of hydrogen-bond acceptors (Lipinski definition) is 6. The molecule has 0 saturated heterocycles. The highest BCUT2D eigenvalue weighted by molar-refractivity contribution is 7.17. The molecule has 1 aliphatic rings. The summed E-state index contributed by atoms with van der Waals surface area (Å²) >= 11 is 1.66. The fraction of sp³-hybridized carbons (Fsp3) is 0.0408. The van der Waals surface area contributed by atoms with Gasteiger partial charge in [-0.3, -0.25) is 0 Å². The molecule has 56 heavy (non-hydrogen) atoms. The molecule has 268 valence electrons. The van der Waals surface area contributed by atoms with E-state index >= 15 is 0 Å². The topological polar surface area (TPSA) is 72.6 Å². The largest absolute Gasteiger partial charge is 0.484 e. The molecular formula is C49H35N5OS. The standard InChI is InChI=1S/C49H35N5OS/c1-3-38(48(50-30-33-17-7-4-8-18-33)51-41-31-56-43-28-14-13-25-39(41)43)45-32(2)44-40(26-16-27-42(44)55-45)49-53-46(35-21-11-6-12-22-35)52-47(54-49)37-24-15-23-36(29-37)34-19-9-5-10-20-34/h3-31,38,45H,1-2H2. The monoisotopic (exact) mass is 741 g/mol. The molecule has 0 bridgehead atoms. The van der Waals surface area contributed by atoms with Crippen molar-refractivity contribution in [2.24, 2.45) is 15.9 Å². The molecule has 6 aromatic carbocycles. The minimum Gasteiger partial charge on any atom is -0.484 e. The Labute approximate surface area is 329 Å². The molecule has 0 aliphatic carbocycles. The van der Waals surface area contributed by atoms with Crippen molar-refractivity contribution in [3.05, 3.63) is 193 Å². The van der Waals surface area contributed by atoms with Crippen molar-refractivity contribution in [3.8, 4) is 51.0 Å². The molecule has 2 unspecified atom stereocenters. The Hall–Kier alpha value is -7.09. The summed E-state index contributed by atoms with van der Waals surface area (Å²) in [5.74, 6) is 2.49. The van der Waals surface area contributed by atoms with E-state index in [1.165, 1.54) is 0 Å². The van der Waals surface area contributed by atoms with Crippen molar-refractivity contribution in [1.29, 1.82) is 0 Å². The van der Waals surface area contributed by atoms with Crippen molar-refractivity contribution >= 4 is 44.7 Å². The van der Waals surface area contributed by atoms with Crippen LogP contribution in [0.15, 0.2) is 192 Å². The van der Waals surface area contributed by atoms with Gasteiger partial charge in [0.05, 0.1) is 11.6 Å². The summed E-state index contributed by atoms with van der Waals surface area (Å²) in [6, 6.07) is 52.8. The number of nitrogens with zero attached hydrogens (tertiary/aromatic N) is 5. The Morgan fingerprint density at radius 2 is 1.29 bits per heavy atom. The number of rotatable bonds is 9. The Morgan fingerprint density at radius 3 is 2.05 bits per heavy atom. The smallest absolute Gasteiger partial charge is 0.164 e. The molecule has 2 atom stereocenters. The van der Waals surface area contributed by atoms with E-state index in [-0.39, 0.29) is 0 Å². The van der Waals surface area contributed by atoms with Crippen LogP contribution in [0.5, 0.6) is 5.75 Å². The maximum absolute atomic E-state index is 6.77. The molecule has 0 spiro atoms. The predicted octanol–water partition coefficient (Wildman–Crippen LogP) is 12.2. The van der Waals surface area contributed by atoms with Gasteiger partial charge in [-0.1, -0.05) is 152 Å². The molecule has 0 amide bonds. The van der Waals surface area contributed by atoms with Gasteiger partial charge < -0.3 is 4.74 Å². The number of aliphatic imine (C=N–C) groups is 2. The lowest BCUT2D eigenvalue weighted by Crippen LogP contribution is -2.28. The van der Waals surface area contributed by atoms with Gasteiger partial charge in [-0.15, -0.1) is 17.9 Å². The van der Waals surface area contributed by atoms with E-state index < -0.39 is 12.0 Å². The van der Waals surface area contributed by atoms with Crippen LogP contribution in [-0.2, 0) is 0 Å². The van der Waals surface area contributed by atoms with E-state index in [9.17, 15) is 0 Å². The molecular weight excluding hydrogens is 707 g/mol. The van der Waals surface area contributed by atoms with Crippen LogP contribution in [0.1, 0.15) is 11.1 Å². The second kappa shape index (κ2) is 15.3. The highest BCUT2D eigenvalue weighted by atomic mass is 32.1. The number of thiophene rings is 1. The molecule has 0 fully saturated rings. The Bertz CT molecular complexity index is 2780. The predicted molar refractivity (Wildman–Crippen MR) is 232 cm³/mol. The first-order valence-electron chi connectivity index (χ1n) is 18.4. The maximum Gasteiger partial charge on any atom is 0.164 e. The van der Waals surface area contributed by atoms with E-state index in [4.69, 9.17) is 29.7 Å². The Balaban J connectivity index is 1.13. The third kappa shape index (κ3) is 6.88. The lowest BCUT2D eigenvalue weighted by molar-refractivity contribution is 0.256. The highest BCUT2D eigenvalue weighted by Crippen LogP contribution is 2.45. The van der Waals surface area contributed by atoms with Gasteiger partial charge in [-0.25, -0.2) is 24.9 Å². The summed E-state index contributed by atoms with van der Waals surface area (Å²) in [7, 11) is 0. The summed E-state index contributed by atoms with van der Waals surface area (Å²) < 4.78 is 7.93. The lowest BCUT2D eigenvalue weighted by atomic mass is 9.90. The van der Waals surface area contributed by atoms with Crippen LogP contribution in [0.4, 0.5) is 5.69 Å². The molecule has 0 radical (unpaired) electrons. The molecule has 0 N–H and O–H groups in total. The van der Waals surface area contributed by atoms with Gasteiger partial charge >= 0.3 is 0 Å². The second-order valence-corrected chi connectivity index (χ2v) is 14.3. The number of ether oxygens (including phenoxy) is 1. The quantitative estimate of drug-likeness (QED) is 0.0839. The minimum absolute atomic E-state index is 0.434. The van der Waals surface area contributed by atoms with Gasteiger partial charge in [0.2, 0.25) is 0 Å². The van der Waals surface area contributed by atoms with Gasteiger partial charge in [0, 0.05) is 43.9 Å². The average Bonchev–Trinajstić information content (AvgIpc) is 3.84. The molecule has 6 nitrogen and oxygen atoms in total. The van der Waals surface area contributed by atoms with Crippen LogP contribution in [0.25, 0.3) is 60.9 Å². The molecule has 9 rings (SSSR count). The highest BCUT2D eigenvalue weighted by Gasteiger charge is 2.37. The molecule has 0 saturated carbocycles. The van der Waals surface area contributed by atoms with E-state index in [0.717, 1.165) is 60.3 Å². The zero-order chi connectivity index (χ0) is 37.8. The summed E-state index contributed by atoms with van der Waals surface area (Å²) in [6.07, 6.45) is 3.16. The van der Waals surface area contributed by atoms with Crippen molar-refractivity contribution in [3.63, 3.8) is 0 Å². The third-order valence-electron chi connectivity index (χ3n) is 9.80. The third-order valence-corrected chi connectivity index (χ3v) is 10.8. The fourth-order valence-corrected chi connectivity index (χ4v) is 7.88. The van der Waals surface area contributed by atoms with Gasteiger partial charge in [-0.2, -0.15) is 0 Å². The van der Waals surface area contributed by atoms with E-state index in [0.29, 0.717) is 29.1 Å². The summed E-state index contributed by atoms with van der Waals surface area (Å²) in [6.45, 7) is 8.90. The molecule has 3 heterocycles. The Morgan fingerprint density at radius 1 is 0.661 bits per heavy atom. The average molecular weight is 742 g/mol. The number of aromatic nitrogens is 3. The van der Waals surface area contributed by atoms with Gasteiger partial charge in [0.1, 0.15) is 17.7 Å². The van der Waals surface area contributed by atoms with Crippen LogP contribution >= 0.6 is 11.3 Å². The van der Waals surface area contributed by atoms with E-state index in [1.54, 1.807) is 11.3 Å². The second-order valence-electron chi connectivity index (χ2n) is 13.4. The van der Waals surface area contributed by atoms with Crippen LogP contribution in [0.2, 0.25) is 0 Å². The normalized spacial score (nSPS) is 14.5. The van der Waals surface area contributed by atoms with Crippen molar-refractivity contribution < 1.29 is 4.74 Å². The van der Waals surface area contributed by atoms with Gasteiger partial charge in [0.15, 0.2) is 17.5 Å². The van der Waals surface area contributed by atoms with Gasteiger partial charge in [-0.05, 0) is 40.5 Å². The number of hydrogen-bond donors (Lipinski definition) is 0. The molecule has 2 aromatic heterocycles. The van der Waals surface area contributed by atoms with Crippen LogP contribution < -0.4 is 4.74 Å². The number of fused-ring (bicyclic) bond motifs is 2. The first kappa shape index (κ1) is 34.7. The van der Waals surface area contributed by atoms with Crippen LogP contribution in [0.3, 0.4) is 0 Å². The molecule has 1 aliphatic heterocycles. The van der Waals surface area contributed by atoms with Gasteiger partial charge in [0.25, 0.3) is 0 Å².